The van der Waals surface area contributed by atoms with Crippen molar-refractivity contribution in [1.82, 2.24) is 4.57 Å². The standard InChI is InChI=1S/C20H27N2O4/c1-4-6-10-18(20(24)26-5-2)22-12-11-21(15-22)14-19(23)16-8-7-9-17(13-16)25-3/h7-9,11-13,15,18H,4-6,10,14H2,1-3H3/q+1. The van der Waals surface area contributed by atoms with Crippen LogP contribution in [0, 0.1) is 0 Å². The smallest absolute Gasteiger partial charge is 0.351 e. The maximum absolute atomic E-state index is 12.5. The Morgan fingerprint density at radius 2 is 2.08 bits per heavy atom. The maximum Gasteiger partial charge on any atom is 0.351 e. The summed E-state index contributed by atoms with van der Waals surface area (Å²) in [5, 5.41) is 0. The Kier molecular flexibility index (Phi) is 7.38. The fourth-order valence-corrected chi connectivity index (χ4v) is 2.77. The van der Waals surface area contributed by atoms with Crippen molar-refractivity contribution in [2.75, 3.05) is 13.7 Å². The monoisotopic (exact) mass is 359 g/mol. The highest BCUT2D eigenvalue weighted by Gasteiger charge is 2.26. The zero-order valence-electron chi connectivity index (χ0n) is 15.7. The number of benzene rings is 1. The average molecular weight is 359 g/mol. The number of unbranched alkanes of at least 4 members (excludes halogenated alkanes) is 1. The third-order valence-corrected chi connectivity index (χ3v) is 4.18. The lowest BCUT2D eigenvalue weighted by Crippen LogP contribution is -2.36. The number of nitrogens with zero attached hydrogens (tertiary/aromatic N) is 2. The molecule has 1 aromatic heterocycles. The summed E-state index contributed by atoms with van der Waals surface area (Å²) in [4.78, 5) is 24.7. The molecule has 0 fully saturated rings. The highest BCUT2D eigenvalue weighted by molar-refractivity contribution is 5.95. The third-order valence-electron chi connectivity index (χ3n) is 4.18. The Bertz CT molecular complexity index is 739. The van der Waals surface area contributed by atoms with Crippen molar-refractivity contribution in [3.8, 4) is 5.75 Å². The molecule has 6 heteroatoms. The lowest BCUT2D eigenvalue weighted by Gasteiger charge is -2.11. The highest BCUT2D eigenvalue weighted by atomic mass is 16.5. The second-order valence-electron chi connectivity index (χ2n) is 6.10. The van der Waals surface area contributed by atoms with Crippen LogP contribution in [0.1, 0.15) is 49.5 Å². The Balaban J connectivity index is 2.11. The Hall–Kier alpha value is -2.63. The predicted molar refractivity (Wildman–Crippen MR) is 97.1 cm³/mol. The lowest BCUT2D eigenvalue weighted by molar-refractivity contribution is -0.682. The molecule has 2 rings (SSSR count). The largest absolute Gasteiger partial charge is 0.497 e. The summed E-state index contributed by atoms with van der Waals surface area (Å²) in [6, 6.07) is 6.73. The van der Waals surface area contributed by atoms with Crippen molar-refractivity contribution in [3.05, 3.63) is 48.5 Å². The van der Waals surface area contributed by atoms with Gasteiger partial charge >= 0.3 is 5.97 Å². The van der Waals surface area contributed by atoms with Gasteiger partial charge in [0.05, 0.1) is 13.7 Å². The third kappa shape index (κ3) is 5.18. The van der Waals surface area contributed by atoms with Crippen molar-refractivity contribution in [3.63, 3.8) is 0 Å². The first-order valence-corrected chi connectivity index (χ1v) is 8.99. The van der Waals surface area contributed by atoms with E-state index >= 15 is 0 Å². The highest BCUT2D eigenvalue weighted by Crippen LogP contribution is 2.17. The lowest BCUT2D eigenvalue weighted by atomic mass is 10.1. The van der Waals surface area contributed by atoms with Gasteiger partial charge in [0.25, 0.3) is 0 Å². The first kappa shape index (κ1) is 19.7. The zero-order valence-corrected chi connectivity index (χ0v) is 15.7. The van der Waals surface area contributed by atoms with E-state index in [9.17, 15) is 9.59 Å². The van der Waals surface area contributed by atoms with Gasteiger partial charge in [-0.2, -0.15) is 0 Å². The summed E-state index contributed by atoms with van der Waals surface area (Å²) in [7, 11) is 1.57. The number of hydrogen-bond acceptors (Lipinski definition) is 4. The van der Waals surface area contributed by atoms with E-state index in [0.29, 0.717) is 24.3 Å². The number of methoxy groups -OCH3 is 1. The van der Waals surface area contributed by atoms with Gasteiger partial charge in [0.1, 0.15) is 18.1 Å². The van der Waals surface area contributed by atoms with Crippen LogP contribution < -0.4 is 9.30 Å². The van der Waals surface area contributed by atoms with Crippen LogP contribution in [0.4, 0.5) is 0 Å². The number of carbonyl (C=O) groups excluding carboxylic acids is 2. The van der Waals surface area contributed by atoms with Gasteiger partial charge in [0.2, 0.25) is 12.1 Å². The van der Waals surface area contributed by atoms with Crippen molar-refractivity contribution < 1.29 is 23.6 Å². The number of ketones is 1. The van der Waals surface area contributed by atoms with Crippen molar-refractivity contribution in [2.45, 2.75) is 45.7 Å². The summed E-state index contributed by atoms with van der Waals surface area (Å²) in [5.74, 6) is 0.399. The molecule has 1 atom stereocenters. The maximum atomic E-state index is 12.5. The molecule has 0 bridgehead atoms. The quantitative estimate of drug-likeness (QED) is 0.372. The molecule has 0 spiro atoms. The zero-order chi connectivity index (χ0) is 18.9. The van der Waals surface area contributed by atoms with Gasteiger partial charge in [-0.1, -0.05) is 25.5 Å². The second-order valence-corrected chi connectivity index (χ2v) is 6.10. The molecule has 1 unspecified atom stereocenters. The average Bonchev–Trinajstić information content (AvgIpc) is 3.10. The summed E-state index contributed by atoms with van der Waals surface area (Å²) < 4.78 is 14.0. The van der Waals surface area contributed by atoms with Gasteiger partial charge in [-0.05, 0) is 31.9 Å². The van der Waals surface area contributed by atoms with Crippen LogP contribution in [0.25, 0.3) is 0 Å². The van der Waals surface area contributed by atoms with Crippen LogP contribution >= 0.6 is 0 Å². The normalized spacial score (nSPS) is 11.8. The molecule has 140 valence electrons. The van der Waals surface area contributed by atoms with E-state index in [0.717, 1.165) is 12.8 Å². The molecule has 0 aliphatic heterocycles. The minimum atomic E-state index is -0.358. The summed E-state index contributed by atoms with van der Waals surface area (Å²) in [6.07, 6.45) is 8.06. The van der Waals surface area contributed by atoms with Crippen LogP contribution in [-0.2, 0) is 16.1 Å². The van der Waals surface area contributed by atoms with E-state index in [1.165, 1.54) is 0 Å². The number of aromatic nitrogens is 2. The molecule has 1 heterocycles. The number of Topliss-reactive ketones (excluding diaryl/α,β-unsaturated/α-hetero) is 1. The van der Waals surface area contributed by atoms with E-state index < -0.39 is 0 Å². The Labute approximate surface area is 154 Å². The predicted octanol–water partition coefficient (Wildman–Crippen LogP) is 2.96. The first-order chi connectivity index (χ1) is 12.6. The molecule has 0 saturated carbocycles. The number of ether oxygens (including phenoxy) is 2. The Morgan fingerprint density at radius 3 is 2.77 bits per heavy atom. The van der Waals surface area contributed by atoms with Gasteiger partial charge in [-0.15, -0.1) is 0 Å². The molecular weight excluding hydrogens is 332 g/mol. The Morgan fingerprint density at radius 1 is 1.27 bits per heavy atom. The van der Waals surface area contributed by atoms with Crippen LogP contribution in [-0.4, -0.2) is 30.0 Å². The minimum absolute atomic E-state index is 0.0205. The summed E-state index contributed by atoms with van der Waals surface area (Å²) >= 11 is 0. The molecule has 0 aliphatic carbocycles. The fourth-order valence-electron chi connectivity index (χ4n) is 2.77. The number of carbonyl (C=O) groups is 2. The second kappa shape index (κ2) is 9.75. The number of esters is 1. The van der Waals surface area contributed by atoms with Crippen LogP contribution in [0.15, 0.2) is 43.0 Å². The van der Waals surface area contributed by atoms with E-state index in [4.69, 9.17) is 9.47 Å². The van der Waals surface area contributed by atoms with Crippen molar-refractivity contribution >= 4 is 11.8 Å². The van der Waals surface area contributed by atoms with E-state index in [-0.39, 0.29) is 24.3 Å². The molecule has 6 nitrogen and oxygen atoms in total. The molecule has 0 aliphatic rings. The molecule has 2 aromatic rings. The SMILES string of the molecule is CCCCC(C(=O)OCC)n1cc[n+](CC(=O)c2cccc(OC)c2)c1. The van der Waals surface area contributed by atoms with Gasteiger partial charge < -0.3 is 9.47 Å². The van der Waals surface area contributed by atoms with E-state index in [1.807, 2.05) is 10.8 Å². The number of imidazole rings is 1. The van der Waals surface area contributed by atoms with Crippen molar-refractivity contribution in [2.24, 2.45) is 0 Å². The minimum Gasteiger partial charge on any atom is -0.497 e. The van der Waals surface area contributed by atoms with Gasteiger partial charge in [-0.3, -0.25) is 4.79 Å². The topological polar surface area (TPSA) is 61.4 Å². The van der Waals surface area contributed by atoms with E-state index in [2.05, 4.69) is 6.92 Å². The molecule has 0 amide bonds. The fraction of sp³-hybridized carbons (Fsp3) is 0.450. The first-order valence-electron chi connectivity index (χ1n) is 8.99. The summed E-state index contributed by atoms with van der Waals surface area (Å²) in [6.45, 7) is 4.45. The molecule has 1 aromatic carbocycles. The van der Waals surface area contributed by atoms with Gasteiger partial charge in [0, 0.05) is 5.56 Å². The van der Waals surface area contributed by atoms with Crippen LogP contribution in [0.5, 0.6) is 5.75 Å². The van der Waals surface area contributed by atoms with Gasteiger partial charge in [-0.25, -0.2) is 13.9 Å². The van der Waals surface area contributed by atoms with Crippen molar-refractivity contribution in [1.29, 1.82) is 0 Å². The van der Waals surface area contributed by atoms with E-state index in [1.54, 1.807) is 55.4 Å². The van der Waals surface area contributed by atoms with Crippen LogP contribution in [0.2, 0.25) is 0 Å². The molecule has 0 N–H and O–H groups in total. The molecular formula is C20H27N2O4+. The van der Waals surface area contributed by atoms with Crippen LogP contribution in [0.3, 0.4) is 0 Å². The molecule has 0 radical (unpaired) electrons. The summed E-state index contributed by atoms with van der Waals surface area (Å²) in [5.41, 5.74) is 0.595. The molecule has 0 saturated heterocycles. The van der Waals surface area contributed by atoms with Gasteiger partial charge in [0.15, 0.2) is 12.6 Å². The number of rotatable bonds is 10. The molecule has 26 heavy (non-hydrogen) atoms. The number of hydrogen-bond donors (Lipinski definition) is 0.